The molecule has 0 spiro atoms. The largest absolute Gasteiger partial charge is 0.383 e. The highest BCUT2D eigenvalue weighted by Crippen LogP contribution is 2.55. The lowest BCUT2D eigenvalue weighted by Gasteiger charge is -2.48. The third-order valence-electron chi connectivity index (χ3n) is 13.2. The zero-order valence-electron chi connectivity index (χ0n) is 34.6. The Morgan fingerprint density at radius 3 is 2.28 bits per heavy atom. The van der Waals surface area contributed by atoms with Crippen LogP contribution in [0.15, 0.2) is 30.3 Å². The van der Waals surface area contributed by atoms with E-state index in [1.807, 2.05) is 61.2 Å². The highest BCUT2D eigenvalue weighted by atomic mass is 16.5. The fourth-order valence-corrected chi connectivity index (χ4v) is 10.4. The number of likely N-dealkylation sites (tertiary alicyclic amines) is 2. The Kier molecular flexibility index (Phi) is 15.5. The molecule has 2 bridgehead atoms. The average molecular weight is 756 g/mol. The molecule has 304 valence electrons. The van der Waals surface area contributed by atoms with Gasteiger partial charge in [0, 0.05) is 40.5 Å². The van der Waals surface area contributed by atoms with E-state index in [1.165, 1.54) is 0 Å². The van der Waals surface area contributed by atoms with Gasteiger partial charge >= 0.3 is 0 Å². The van der Waals surface area contributed by atoms with E-state index in [4.69, 9.17) is 19.9 Å². The number of carbonyl (C=O) groups excluding carboxylic acids is 4. The maximum atomic E-state index is 14.8. The Balaban J connectivity index is 1.50. The van der Waals surface area contributed by atoms with Crippen LogP contribution in [0.3, 0.4) is 0 Å². The van der Waals surface area contributed by atoms with E-state index < -0.39 is 23.7 Å². The molecule has 1 saturated carbocycles. The summed E-state index contributed by atoms with van der Waals surface area (Å²) in [5.41, 5.74) is 6.53. The van der Waals surface area contributed by atoms with Crippen LogP contribution in [-0.4, -0.2) is 129 Å². The summed E-state index contributed by atoms with van der Waals surface area (Å²) in [7, 11) is 8.65. The van der Waals surface area contributed by atoms with Crippen molar-refractivity contribution >= 4 is 23.6 Å². The van der Waals surface area contributed by atoms with E-state index in [1.54, 1.807) is 21.3 Å². The molecule has 4 rings (SSSR count). The SMILES string of the molecule is CC[C@H](C)[C@@H]([C@@H](CC(=O)N1CCC[C@H]1[C@H](OC)[C@@H](C)C(=O)N[C@H](COC)Cc1ccccc1)OC)N(C)C(=O)[C@@H](C(C)C)C12CCC(C1)C(C(N)=O)N2C. The fraction of sp³-hybridized carbons (Fsp3) is 0.762. The molecule has 54 heavy (non-hydrogen) atoms. The van der Waals surface area contributed by atoms with Crippen LogP contribution in [-0.2, 0) is 39.8 Å². The van der Waals surface area contributed by atoms with Gasteiger partial charge in [0.1, 0.15) is 0 Å². The van der Waals surface area contributed by atoms with Crippen LogP contribution >= 0.6 is 0 Å². The predicted octanol–water partition coefficient (Wildman–Crippen LogP) is 3.89. The number of nitrogens with two attached hydrogens (primary N) is 1. The number of amides is 4. The summed E-state index contributed by atoms with van der Waals surface area (Å²) in [6, 6.07) is 8.76. The van der Waals surface area contributed by atoms with Crippen molar-refractivity contribution in [2.24, 2.45) is 35.3 Å². The molecule has 3 unspecified atom stereocenters. The number of ether oxygens (including phenoxy) is 3. The summed E-state index contributed by atoms with van der Waals surface area (Å²) in [6.07, 6.45) is 4.46. The first-order valence-electron chi connectivity index (χ1n) is 20.1. The number of hydrogen-bond acceptors (Lipinski definition) is 8. The highest BCUT2D eigenvalue weighted by molar-refractivity contribution is 5.84. The average Bonchev–Trinajstić information content (AvgIpc) is 3.86. The minimum absolute atomic E-state index is 0.0137. The quantitative estimate of drug-likeness (QED) is 0.204. The first kappa shape index (κ1) is 43.7. The van der Waals surface area contributed by atoms with Gasteiger partial charge in [-0.05, 0) is 68.9 Å². The molecule has 2 saturated heterocycles. The van der Waals surface area contributed by atoms with Gasteiger partial charge in [0.15, 0.2) is 0 Å². The third kappa shape index (κ3) is 9.14. The molecule has 3 fully saturated rings. The van der Waals surface area contributed by atoms with Crippen LogP contribution < -0.4 is 11.1 Å². The van der Waals surface area contributed by atoms with Crippen molar-refractivity contribution in [2.75, 3.05) is 48.6 Å². The van der Waals surface area contributed by atoms with Gasteiger partial charge in [-0.1, -0.05) is 71.4 Å². The summed E-state index contributed by atoms with van der Waals surface area (Å²) in [4.78, 5) is 61.1. The first-order valence-corrected chi connectivity index (χ1v) is 20.1. The fourth-order valence-electron chi connectivity index (χ4n) is 10.4. The normalized spacial score (nSPS) is 26.6. The molecular formula is C42H69N5O7. The van der Waals surface area contributed by atoms with E-state index in [9.17, 15) is 19.2 Å². The van der Waals surface area contributed by atoms with Gasteiger partial charge in [-0.3, -0.25) is 24.1 Å². The van der Waals surface area contributed by atoms with Gasteiger partial charge in [0.05, 0.1) is 61.2 Å². The number of benzene rings is 1. The lowest BCUT2D eigenvalue weighted by atomic mass is 9.74. The summed E-state index contributed by atoms with van der Waals surface area (Å²) < 4.78 is 17.6. The number of fused-ring (bicyclic) bond motifs is 2. The van der Waals surface area contributed by atoms with Crippen LogP contribution in [0.2, 0.25) is 0 Å². The number of rotatable bonds is 20. The number of nitrogens with zero attached hydrogens (tertiary/aromatic N) is 3. The maximum Gasteiger partial charge on any atom is 0.235 e. The monoisotopic (exact) mass is 756 g/mol. The van der Waals surface area contributed by atoms with Gasteiger partial charge < -0.3 is 35.1 Å². The molecule has 1 aliphatic carbocycles. The van der Waals surface area contributed by atoms with Gasteiger partial charge in [-0.2, -0.15) is 0 Å². The van der Waals surface area contributed by atoms with Crippen LogP contribution in [0.1, 0.15) is 85.1 Å². The lowest BCUT2D eigenvalue weighted by molar-refractivity contribution is -0.153. The molecule has 3 N–H and O–H groups in total. The third-order valence-corrected chi connectivity index (χ3v) is 13.2. The molecule has 11 atom stereocenters. The van der Waals surface area contributed by atoms with E-state index in [0.29, 0.717) is 19.6 Å². The van der Waals surface area contributed by atoms with E-state index in [-0.39, 0.29) is 77.9 Å². The van der Waals surface area contributed by atoms with Crippen molar-refractivity contribution in [3.8, 4) is 0 Å². The number of likely N-dealkylation sites (N-methyl/N-ethyl adjacent to an activating group) is 2. The molecule has 4 amide bonds. The molecule has 12 heteroatoms. The maximum absolute atomic E-state index is 14.8. The van der Waals surface area contributed by atoms with Gasteiger partial charge in [0.25, 0.3) is 0 Å². The molecule has 2 heterocycles. The van der Waals surface area contributed by atoms with Crippen molar-refractivity contribution < 1.29 is 33.4 Å². The summed E-state index contributed by atoms with van der Waals surface area (Å²) >= 11 is 0. The van der Waals surface area contributed by atoms with Crippen LogP contribution in [0.5, 0.6) is 0 Å². The molecule has 0 aromatic heterocycles. The number of methoxy groups -OCH3 is 3. The smallest absolute Gasteiger partial charge is 0.235 e. The second-order valence-electron chi connectivity index (χ2n) is 16.7. The molecule has 2 aliphatic heterocycles. The summed E-state index contributed by atoms with van der Waals surface area (Å²) in [5, 5.41) is 3.17. The minimum atomic E-state index is -0.557. The second-order valence-corrected chi connectivity index (χ2v) is 16.7. The molecule has 1 aromatic carbocycles. The Hall–Kier alpha value is -3.06. The van der Waals surface area contributed by atoms with Gasteiger partial charge in [-0.25, -0.2) is 0 Å². The van der Waals surface area contributed by atoms with Crippen molar-refractivity contribution in [3.05, 3.63) is 35.9 Å². The molecule has 3 aliphatic rings. The van der Waals surface area contributed by atoms with E-state index in [2.05, 4.69) is 37.9 Å². The van der Waals surface area contributed by atoms with Crippen molar-refractivity contribution in [2.45, 2.75) is 128 Å². The zero-order valence-corrected chi connectivity index (χ0v) is 34.6. The predicted molar refractivity (Wildman–Crippen MR) is 209 cm³/mol. The Labute approximate surface area is 324 Å². The standard InChI is InChI=1S/C42H69N5O7/c1-11-27(4)36(45(6)41(51)35(26(2)3)42-20-19-30(24-42)37(39(43)49)46(42)7)33(53-9)23-34(48)47-21-15-18-32(47)38(54-10)28(5)40(50)44-31(25-52-8)22-29-16-13-12-14-17-29/h12-14,16-17,26-28,30-33,35-38H,11,15,18-25H2,1-10H3,(H2,43,49)(H,44,50)/t27-,28+,30?,31-,32-,33+,35+,36-,37?,38+,42?/m0/s1. The Bertz CT molecular complexity index is 1410. The Morgan fingerprint density at radius 1 is 1.04 bits per heavy atom. The van der Waals surface area contributed by atoms with Crippen LogP contribution in [0.25, 0.3) is 0 Å². The number of carbonyl (C=O) groups is 4. The van der Waals surface area contributed by atoms with Crippen molar-refractivity contribution in [3.63, 3.8) is 0 Å². The van der Waals surface area contributed by atoms with E-state index >= 15 is 0 Å². The van der Waals surface area contributed by atoms with Crippen LogP contribution in [0.4, 0.5) is 0 Å². The minimum Gasteiger partial charge on any atom is -0.383 e. The lowest BCUT2D eigenvalue weighted by Crippen LogP contribution is -2.61. The second kappa shape index (κ2) is 19.2. The molecular weight excluding hydrogens is 686 g/mol. The zero-order chi connectivity index (χ0) is 39.9. The number of nitrogens with one attached hydrogen (secondary N) is 1. The van der Waals surface area contributed by atoms with Crippen molar-refractivity contribution in [1.82, 2.24) is 20.0 Å². The molecule has 12 nitrogen and oxygen atoms in total. The summed E-state index contributed by atoms with van der Waals surface area (Å²) in [6.45, 7) is 11.2. The number of primary amides is 1. The topological polar surface area (TPSA) is 144 Å². The highest BCUT2D eigenvalue weighted by Gasteiger charge is 2.62. The van der Waals surface area contributed by atoms with Gasteiger partial charge in [0.2, 0.25) is 23.6 Å². The molecule has 0 radical (unpaired) electrons. The number of hydrogen-bond donors (Lipinski definition) is 2. The molecule has 1 aromatic rings. The van der Waals surface area contributed by atoms with Crippen LogP contribution in [0, 0.1) is 29.6 Å². The summed E-state index contributed by atoms with van der Waals surface area (Å²) in [5.74, 6) is -1.20. The first-order chi connectivity index (χ1) is 25.7. The van der Waals surface area contributed by atoms with Crippen molar-refractivity contribution in [1.29, 1.82) is 0 Å². The van der Waals surface area contributed by atoms with Gasteiger partial charge in [-0.15, -0.1) is 0 Å². The number of piperidine rings is 1. The van der Waals surface area contributed by atoms with E-state index in [0.717, 1.165) is 44.1 Å². The Morgan fingerprint density at radius 2 is 1.72 bits per heavy atom.